The molecular weight excluding hydrogens is 420 g/mol. The van der Waals surface area contributed by atoms with Gasteiger partial charge in [-0.05, 0) is 36.8 Å². The molecule has 4 rings (SSSR count). The van der Waals surface area contributed by atoms with E-state index in [1.54, 1.807) is 38.2 Å². The van der Waals surface area contributed by atoms with Gasteiger partial charge >= 0.3 is 0 Å². The number of hydrogen-bond acceptors (Lipinski definition) is 5. The minimum Gasteiger partial charge on any atom is -0.497 e. The Hall–Kier alpha value is -2.99. The molecule has 1 unspecified atom stereocenters. The summed E-state index contributed by atoms with van der Waals surface area (Å²) in [6.07, 6.45) is 1.79. The average Bonchev–Trinajstić information content (AvgIpc) is 3.29. The highest BCUT2D eigenvalue weighted by Gasteiger charge is 2.36. The van der Waals surface area contributed by atoms with Crippen LogP contribution in [-0.2, 0) is 11.3 Å². The molecule has 1 aliphatic heterocycles. The number of carbonyl (C=O) groups excluding carboxylic acids is 1. The number of halogens is 1. The Morgan fingerprint density at radius 3 is 2.71 bits per heavy atom. The first kappa shape index (κ1) is 21.2. The van der Waals surface area contributed by atoms with Crippen molar-refractivity contribution >= 4 is 26.1 Å². The Labute approximate surface area is 181 Å². The van der Waals surface area contributed by atoms with E-state index in [1.807, 2.05) is 0 Å². The van der Waals surface area contributed by atoms with Gasteiger partial charge in [-0.2, -0.15) is 0 Å². The van der Waals surface area contributed by atoms with E-state index < -0.39 is 5.82 Å². The van der Waals surface area contributed by atoms with Crippen molar-refractivity contribution in [1.29, 1.82) is 0 Å². The summed E-state index contributed by atoms with van der Waals surface area (Å²) in [5.41, 5.74) is 1.87. The summed E-state index contributed by atoms with van der Waals surface area (Å²) in [5, 5.41) is 4.48. The van der Waals surface area contributed by atoms with Crippen LogP contribution in [0.3, 0.4) is 0 Å². The number of pyridine rings is 1. The van der Waals surface area contributed by atoms with Crippen molar-refractivity contribution in [3.63, 3.8) is 0 Å². The molecule has 31 heavy (non-hydrogen) atoms. The monoisotopic (exact) mass is 443 g/mol. The predicted molar refractivity (Wildman–Crippen MR) is 118 cm³/mol. The summed E-state index contributed by atoms with van der Waals surface area (Å²) in [4.78, 5) is 27.6. The summed E-state index contributed by atoms with van der Waals surface area (Å²) in [5.74, 6) is -0.0369. The third-order valence-electron chi connectivity index (χ3n) is 5.52. The second-order valence-corrected chi connectivity index (χ2v) is 8.35. The van der Waals surface area contributed by atoms with Crippen molar-refractivity contribution in [2.75, 3.05) is 18.6 Å². The van der Waals surface area contributed by atoms with E-state index in [0.717, 1.165) is 5.69 Å². The fraction of sp³-hybridized carbons (Fsp3) is 0.318. The van der Waals surface area contributed by atoms with Crippen LogP contribution < -0.4 is 20.5 Å². The summed E-state index contributed by atoms with van der Waals surface area (Å²) in [6, 6.07) is 6.58. The maximum absolute atomic E-state index is 14.8. The number of carbonyl (C=O) groups is 1. The molecule has 1 fully saturated rings. The zero-order chi connectivity index (χ0) is 22.3. The molecular formula is C22H23FN3O4P. The largest absolute Gasteiger partial charge is 0.497 e. The summed E-state index contributed by atoms with van der Waals surface area (Å²) in [6.45, 7) is 4.03. The Morgan fingerprint density at radius 1 is 1.29 bits per heavy atom. The molecule has 0 saturated carbocycles. The van der Waals surface area contributed by atoms with Crippen LogP contribution in [0.2, 0.25) is 0 Å². The molecule has 0 aliphatic carbocycles. The zero-order valence-electron chi connectivity index (χ0n) is 17.5. The van der Waals surface area contributed by atoms with Gasteiger partial charge in [-0.3, -0.25) is 9.59 Å². The molecule has 1 aromatic carbocycles. The number of methoxy groups -OCH3 is 1. The van der Waals surface area contributed by atoms with Gasteiger partial charge in [-0.25, -0.2) is 4.39 Å². The quantitative estimate of drug-likeness (QED) is 0.567. The smallest absolute Gasteiger partial charge is 0.275 e. The van der Waals surface area contributed by atoms with Crippen molar-refractivity contribution < 1.29 is 18.4 Å². The Bertz CT molecular complexity index is 1200. The van der Waals surface area contributed by atoms with Gasteiger partial charge in [0.1, 0.15) is 17.3 Å². The average molecular weight is 443 g/mol. The molecule has 0 radical (unpaired) electrons. The molecule has 0 N–H and O–H groups in total. The van der Waals surface area contributed by atoms with Gasteiger partial charge in [-0.1, -0.05) is 5.16 Å². The number of amides is 1. The third kappa shape index (κ3) is 4.00. The van der Waals surface area contributed by atoms with Crippen LogP contribution in [0.4, 0.5) is 10.1 Å². The van der Waals surface area contributed by atoms with E-state index >= 15 is 0 Å². The fourth-order valence-electron chi connectivity index (χ4n) is 4.04. The van der Waals surface area contributed by atoms with Crippen molar-refractivity contribution in [3.8, 4) is 5.75 Å². The SMILES string of the molecule is COc1cc(F)c([C@H]2CC(=O)N(c3c(C)ccn(Cc4cc(C)no4)c3=O)C2)c(P)c1. The molecule has 0 spiro atoms. The van der Waals surface area contributed by atoms with E-state index in [-0.39, 0.29) is 36.9 Å². The molecule has 2 atom stereocenters. The maximum Gasteiger partial charge on any atom is 0.275 e. The molecule has 162 valence electrons. The number of hydrogen-bond donors (Lipinski definition) is 0. The predicted octanol–water partition coefficient (Wildman–Crippen LogP) is 2.67. The lowest BCUT2D eigenvalue weighted by molar-refractivity contribution is -0.117. The number of ether oxygens (including phenoxy) is 1. The number of anilines is 1. The van der Waals surface area contributed by atoms with Crippen LogP contribution in [-0.4, -0.2) is 29.3 Å². The lowest BCUT2D eigenvalue weighted by Gasteiger charge is -2.20. The second kappa shape index (κ2) is 8.27. The van der Waals surface area contributed by atoms with Crippen molar-refractivity contribution in [2.45, 2.75) is 32.7 Å². The molecule has 0 bridgehead atoms. The Kier molecular flexibility index (Phi) is 5.67. The molecule has 3 aromatic rings. The van der Waals surface area contributed by atoms with Crippen molar-refractivity contribution in [2.24, 2.45) is 0 Å². The Balaban J connectivity index is 1.67. The second-order valence-electron chi connectivity index (χ2n) is 7.73. The number of aromatic nitrogens is 2. The zero-order valence-corrected chi connectivity index (χ0v) is 18.7. The van der Waals surface area contributed by atoms with E-state index in [4.69, 9.17) is 9.26 Å². The van der Waals surface area contributed by atoms with Crippen LogP contribution in [0.15, 0.2) is 39.8 Å². The van der Waals surface area contributed by atoms with Gasteiger partial charge in [0.25, 0.3) is 5.56 Å². The van der Waals surface area contributed by atoms with Gasteiger partial charge in [0.05, 0.1) is 19.3 Å². The first-order valence-corrected chi connectivity index (χ1v) is 10.4. The lowest BCUT2D eigenvalue weighted by atomic mass is 9.97. The fourth-order valence-corrected chi connectivity index (χ4v) is 4.58. The molecule has 3 heterocycles. The van der Waals surface area contributed by atoms with Crippen molar-refractivity contribution in [3.05, 3.63) is 69.2 Å². The topological polar surface area (TPSA) is 77.6 Å². The number of rotatable bonds is 5. The molecule has 9 heteroatoms. The Morgan fingerprint density at radius 2 is 2.06 bits per heavy atom. The highest BCUT2D eigenvalue weighted by molar-refractivity contribution is 7.27. The van der Waals surface area contributed by atoms with Gasteiger partial charge < -0.3 is 18.7 Å². The molecule has 1 aliphatic rings. The van der Waals surface area contributed by atoms with Crippen LogP contribution in [0.25, 0.3) is 0 Å². The van der Waals surface area contributed by atoms with Gasteiger partial charge in [0.15, 0.2) is 5.76 Å². The highest BCUT2D eigenvalue weighted by atomic mass is 31.0. The first-order chi connectivity index (χ1) is 14.8. The standard InChI is InChI=1S/C22H23FN3O4P/c1-12-4-5-25(11-16-6-13(2)24-30-16)22(28)21(12)26-10-14(7-19(26)27)20-17(23)8-15(29-3)9-18(20)31/h4-6,8-9,14H,7,10-11,31H2,1-3H3/t14-/m0/s1. The van der Waals surface area contributed by atoms with Crippen molar-refractivity contribution in [1.82, 2.24) is 9.72 Å². The van der Waals surface area contributed by atoms with Gasteiger partial charge in [-0.15, -0.1) is 9.24 Å². The lowest BCUT2D eigenvalue weighted by Crippen LogP contribution is -2.34. The number of benzene rings is 1. The molecule has 1 saturated heterocycles. The summed E-state index contributed by atoms with van der Waals surface area (Å²) in [7, 11) is 3.98. The minimum absolute atomic E-state index is 0.125. The van der Waals surface area contributed by atoms with Crippen LogP contribution in [0.1, 0.15) is 34.9 Å². The van der Waals surface area contributed by atoms with Gasteiger partial charge in [0, 0.05) is 42.8 Å². The number of aryl methyl sites for hydroxylation is 2. The van der Waals surface area contributed by atoms with Crippen LogP contribution in [0, 0.1) is 19.7 Å². The molecule has 2 aromatic heterocycles. The molecule has 1 amide bonds. The van der Waals surface area contributed by atoms with Crippen LogP contribution in [0.5, 0.6) is 5.75 Å². The minimum atomic E-state index is -0.424. The van der Waals surface area contributed by atoms with E-state index in [1.165, 1.54) is 22.6 Å². The van der Waals surface area contributed by atoms with E-state index in [9.17, 15) is 14.0 Å². The summed E-state index contributed by atoms with van der Waals surface area (Å²) < 4.78 is 26.6. The van der Waals surface area contributed by atoms with E-state index in [0.29, 0.717) is 33.6 Å². The normalized spacial score (nSPS) is 16.2. The third-order valence-corrected chi connectivity index (χ3v) is 6.00. The number of nitrogens with zero attached hydrogens (tertiary/aromatic N) is 3. The van der Waals surface area contributed by atoms with Crippen LogP contribution >= 0.6 is 9.24 Å². The highest BCUT2D eigenvalue weighted by Crippen LogP contribution is 2.34. The van der Waals surface area contributed by atoms with Gasteiger partial charge in [0.2, 0.25) is 5.91 Å². The molecule has 7 nitrogen and oxygen atoms in total. The first-order valence-electron chi connectivity index (χ1n) is 9.84. The van der Waals surface area contributed by atoms with E-state index in [2.05, 4.69) is 14.4 Å². The summed E-state index contributed by atoms with van der Waals surface area (Å²) >= 11 is 0. The maximum atomic E-state index is 14.8.